The quantitative estimate of drug-likeness (QED) is 0.512. The molecular weight excluding hydrogens is 214 g/mol. The van der Waals surface area contributed by atoms with Gasteiger partial charge in [-0.05, 0) is 24.6 Å². The first-order valence-corrected chi connectivity index (χ1v) is 4.92. The molecule has 0 unspecified atom stereocenters. The number of nitrogens with two attached hydrogens (primary N) is 1. The van der Waals surface area contributed by atoms with Crippen LogP contribution >= 0.6 is 24.8 Å². The topological polar surface area (TPSA) is 54.7 Å². The van der Waals surface area contributed by atoms with Crippen LogP contribution in [0.15, 0.2) is 12.1 Å². The number of H-pyrrole nitrogens is 1. The number of anilines is 1. The fraction of sp³-hybridized carbons (Fsp3) is 0.111. The summed E-state index contributed by atoms with van der Waals surface area (Å²) >= 11 is 9.18. The molecular formula is C9H9N3S2. The standard InChI is InChI=1S/C9H9N3S2/c1-4-2-7-6(8(10)12-11-7)3-5(4)9(13)14/h2-3H,1H3,(H,13,14)(H3,10,11,12). The van der Waals surface area contributed by atoms with Gasteiger partial charge >= 0.3 is 0 Å². The maximum absolute atomic E-state index is 5.68. The van der Waals surface area contributed by atoms with Gasteiger partial charge in [-0.2, -0.15) is 5.10 Å². The van der Waals surface area contributed by atoms with E-state index < -0.39 is 0 Å². The van der Waals surface area contributed by atoms with Crippen LogP contribution in [-0.2, 0) is 0 Å². The average Bonchev–Trinajstić information content (AvgIpc) is 2.46. The van der Waals surface area contributed by atoms with Crippen molar-refractivity contribution in [3.8, 4) is 0 Å². The molecule has 2 rings (SSSR count). The Hall–Kier alpha value is -1.07. The van der Waals surface area contributed by atoms with Crippen molar-refractivity contribution < 1.29 is 0 Å². The van der Waals surface area contributed by atoms with Gasteiger partial charge in [0.1, 0.15) is 0 Å². The van der Waals surface area contributed by atoms with Gasteiger partial charge in [0.2, 0.25) is 0 Å². The lowest BCUT2D eigenvalue weighted by atomic mass is 10.1. The van der Waals surface area contributed by atoms with Crippen LogP contribution in [0.5, 0.6) is 0 Å². The number of nitrogens with zero attached hydrogens (tertiary/aromatic N) is 1. The predicted octanol–water partition coefficient (Wildman–Crippen LogP) is 2.06. The molecule has 1 heterocycles. The number of benzene rings is 1. The number of aromatic nitrogens is 2. The van der Waals surface area contributed by atoms with Gasteiger partial charge in [0, 0.05) is 10.9 Å². The normalized spacial score (nSPS) is 10.7. The Bertz CT molecular complexity index is 516. The minimum atomic E-state index is 0.492. The van der Waals surface area contributed by atoms with Crippen LogP contribution in [0.2, 0.25) is 0 Å². The Morgan fingerprint density at radius 2 is 2.29 bits per heavy atom. The Morgan fingerprint density at radius 1 is 1.57 bits per heavy atom. The number of rotatable bonds is 1. The molecule has 0 atom stereocenters. The summed E-state index contributed by atoms with van der Waals surface area (Å²) in [6.07, 6.45) is 0. The Morgan fingerprint density at radius 3 is 2.93 bits per heavy atom. The highest BCUT2D eigenvalue weighted by Crippen LogP contribution is 2.23. The lowest BCUT2D eigenvalue weighted by Gasteiger charge is -2.02. The third kappa shape index (κ3) is 1.38. The summed E-state index contributed by atoms with van der Waals surface area (Å²) in [7, 11) is 0. The van der Waals surface area contributed by atoms with Crippen LogP contribution in [0, 0.1) is 6.92 Å². The zero-order valence-electron chi connectivity index (χ0n) is 7.53. The third-order valence-corrected chi connectivity index (χ3v) is 2.63. The number of aryl methyl sites for hydroxylation is 1. The Kier molecular flexibility index (Phi) is 2.20. The van der Waals surface area contributed by atoms with Crippen LogP contribution in [0.1, 0.15) is 11.1 Å². The smallest absolute Gasteiger partial charge is 0.153 e. The molecule has 3 N–H and O–H groups in total. The fourth-order valence-corrected chi connectivity index (χ4v) is 1.88. The van der Waals surface area contributed by atoms with Crippen molar-refractivity contribution >= 4 is 45.8 Å². The molecule has 0 radical (unpaired) electrons. The molecule has 1 aromatic carbocycles. The zero-order chi connectivity index (χ0) is 10.3. The summed E-state index contributed by atoms with van der Waals surface area (Å²) in [6.45, 7) is 1.98. The lowest BCUT2D eigenvalue weighted by Crippen LogP contribution is -1.92. The van der Waals surface area contributed by atoms with E-state index in [0.29, 0.717) is 10.0 Å². The van der Waals surface area contributed by atoms with Crippen LogP contribution in [0.25, 0.3) is 10.9 Å². The molecule has 3 nitrogen and oxygen atoms in total. The van der Waals surface area contributed by atoms with E-state index >= 15 is 0 Å². The second kappa shape index (κ2) is 3.25. The highest BCUT2D eigenvalue weighted by atomic mass is 32.1. The first-order chi connectivity index (χ1) is 6.59. The van der Waals surface area contributed by atoms with E-state index in [1.807, 2.05) is 19.1 Å². The van der Waals surface area contributed by atoms with E-state index in [2.05, 4.69) is 22.8 Å². The monoisotopic (exact) mass is 223 g/mol. The number of nitrogens with one attached hydrogen (secondary N) is 1. The summed E-state index contributed by atoms with van der Waals surface area (Å²) in [4.78, 5) is 0. The van der Waals surface area contributed by atoms with Crippen LogP contribution in [-0.4, -0.2) is 14.4 Å². The number of hydrogen-bond donors (Lipinski definition) is 3. The van der Waals surface area contributed by atoms with Crippen LogP contribution in [0.4, 0.5) is 5.82 Å². The van der Waals surface area contributed by atoms with Crippen molar-refractivity contribution in [3.05, 3.63) is 23.3 Å². The molecule has 0 bridgehead atoms. The molecule has 0 saturated carbocycles. The van der Waals surface area contributed by atoms with Gasteiger partial charge in [-0.3, -0.25) is 5.10 Å². The molecule has 5 heteroatoms. The average molecular weight is 223 g/mol. The molecule has 0 aliphatic heterocycles. The number of hydrogen-bond acceptors (Lipinski definition) is 3. The number of thiocarbonyl (C=S) groups is 1. The minimum Gasteiger partial charge on any atom is -0.382 e. The van der Waals surface area contributed by atoms with E-state index in [9.17, 15) is 0 Å². The van der Waals surface area contributed by atoms with Gasteiger partial charge in [-0.15, -0.1) is 12.6 Å². The summed E-state index contributed by atoms with van der Waals surface area (Å²) in [5.41, 5.74) is 8.61. The maximum Gasteiger partial charge on any atom is 0.153 e. The first kappa shape index (κ1) is 9.48. The van der Waals surface area contributed by atoms with Crippen molar-refractivity contribution in [2.45, 2.75) is 6.92 Å². The SMILES string of the molecule is Cc1cc2[nH]nc(N)c2cc1C(=S)S. The highest BCUT2D eigenvalue weighted by Gasteiger charge is 2.07. The van der Waals surface area contributed by atoms with Crippen molar-refractivity contribution in [3.63, 3.8) is 0 Å². The number of nitrogen functional groups attached to an aromatic ring is 1. The molecule has 14 heavy (non-hydrogen) atoms. The Balaban J connectivity index is 2.80. The molecule has 0 saturated heterocycles. The number of thiol groups is 1. The van der Waals surface area contributed by atoms with Gasteiger partial charge in [0.15, 0.2) is 5.82 Å². The summed E-state index contributed by atoms with van der Waals surface area (Å²) in [5.74, 6) is 0.492. The van der Waals surface area contributed by atoms with E-state index in [0.717, 1.165) is 22.0 Å². The molecule has 0 spiro atoms. The van der Waals surface area contributed by atoms with Gasteiger partial charge in [0.25, 0.3) is 0 Å². The minimum absolute atomic E-state index is 0.492. The summed E-state index contributed by atoms with van der Waals surface area (Å²) in [5, 5.41) is 7.66. The van der Waals surface area contributed by atoms with Crippen molar-refractivity contribution in [2.75, 3.05) is 5.73 Å². The molecule has 0 aliphatic rings. The van der Waals surface area contributed by atoms with E-state index in [-0.39, 0.29) is 0 Å². The van der Waals surface area contributed by atoms with Gasteiger partial charge in [-0.1, -0.05) is 12.2 Å². The molecule has 72 valence electrons. The largest absolute Gasteiger partial charge is 0.382 e. The van der Waals surface area contributed by atoms with Crippen LogP contribution < -0.4 is 5.73 Å². The van der Waals surface area contributed by atoms with Crippen LogP contribution in [0.3, 0.4) is 0 Å². The van der Waals surface area contributed by atoms with Gasteiger partial charge < -0.3 is 5.73 Å². The van der Waals surface area contributed by atoms with E-state index in [4.69, 9.17) is 18.0 Å². The fourth-order valence-electron chi connectivity index (χ4n) is 1.42. The Labute approximate surface area is 92.1 Å². The predicted molar refractivity (Wildman–Crippen MR) is 65.9 cm³/mol. The van der Waals surface area contributed by atoms with E-state index in [1.54, 1.807) is 0 Å². The zero-order valence-corrected chi connectivity index (χ0v) is 9.25. The molecule has 0 amide bonds. The van der Waals surface area contributed by atoms with Crippen molar-refractivity contribution in [1.82, 2.24) is 10.2 Å². The van der Waals surface area contributed by atoms with Gasteiger partial charge in [-0.25, -0.2) is 0 Å². The number of fused-ring (bicyclic) bond motifs is 1. The third-order valence-electron chi connectivity index (χ3n) is 2.17. The molecule has 0 aliphatic carbocycles. The summed E-state index contributed by atoms with van der Waals surface area (Å²) < 4.78 is 0.574. The van der Waals surface area contributed by atoms with Gasteiger partial charge in [0.05, 0.1) is 9.71 Å². The molecule has 0 fully saturated rings. The van der Waals surface area contributed by atoms with Crippen molar-refractivity contribution in [1.29, 1.82) is 0 Å². The van der Waals surface area contributed by atoms with Crippen molar-refractivity contribution in [2.24, 2.45) is 0 Å². The molecule has 1 aromatic heterocycles. The maximum atomic E-state index is 5.68. The second-order valence-electron chi connectivity index (χ2n) is 3.13. The number of aromatic amines is 1. The second-order valence-corrected chi connectivity index (χ2v) is 4.28. The lowest BCUT2D eigenvalue weighted by molar-refractivity contribution is 1.13. The highest BCUT2D eigenvalue weighted by molar-refractivity contribution is 8.11. The van der Waals surface area contributed by atoms with E-state index in [1.165, 1.54) is 0 Å². The first-order valence-electron chi connectivity index (χ1n) is 4.07. The summed E-state index contributed by atoms with van der Waals surface area (Å²) in [6, 6.07) is 3.88. The molecule has 2 aromatic rings.